The van der Waals surface area contributed by atoms with Gasteiger partial charge in [-0.05, 0) is 37.0 Å². The molecule has 1 aromatic carbocycles. The smallest absolute Gasteiger partial charge is 0.256 e. The molecule has 0 saturated heterocycles. The fourth-order valence-corrected chi connectivity index (χ4v) is 2.88. The number of rotatable bonds is 5. The van der Waals surface area contributed by atoms with Crippen molar-refractivity contribution in [3.63, 3.8) is 0 Å². The second kappa shape index (κ2) is 7.17. The molecule has 1 aliphatic heterocycles. The monoisotopic (exact) mass is 342 g/mol. The van der Waals surface area contributed by atoms with Crippen LogP contribution in [0.15, 0.2) is 24.3 Å². The Kier molecular flexibility index (Phi) is 4.97. The fourth-order valence-electron chi connectivity index (χ4n) is 2.88. The summed E-state index contributed by atoms with van der Waals surface area (Å²) in [5.41, 5.74) is 2.56. The molecule has 2 heterocycles. The normalized spacial score (nSPS) is 13.6. The summed E-state index contributed by atoms with van der Waals surface area (Å²) in [5, 5.41) is 7.44. The zero-order valence-corrected chi connectivity index (χ0v) is 15.4. The summed E-state index contributed by atoms with van der Waals surface area (Å²) in [6, 6.07) is 7.48. The van der Waals surface area contributed by atoms with Crippen molar-refractivity contribution < 1.29 is 9.53 Å². The van der Waals surface area contributed by atoms with E-state index in [2.05, 4.69) is 29.2 Å². The number of carbonyl (C=O) groups is 1. The molecule has 1 aromatic heterocycles. The Hall–Kier alpha value is -2.50. The summed E-state index contributed by atoms with van der Waals surface area (Å²) in [4.78, 5) is 14.7. The minimum Gasteiger partial charge on any atom is -0.490 e. The zero-order valence-electron chi connectivity index (χ0n) is 15.4. The van der Waals surface area contributed by atoms with Crippen LogP contribution >= 0.6 is 0 Å². The van der Waals surface area contributed by atoms with Gasteiger partial charge in [-0.3, -0.25) is 9.48 Å². The second-order valence-corrected chi connectivity index (χ2v) is 6.98. The largest absolute Gasteiger partial charge is 0.490 e. The van der Waals surface area contributed by atoms with Crippen LogP contribution < -0.4 is 15.0 Å². The van der Waals surface area contributed by atoms with Crippen LogP contribution in [-0.4, -0.2) is 35.9 Å². The molecule has 3 rings (SSSR count). The molecular weight excluding hydrogens is 316 g/mol. The highest BCUT2D eigenvalue weighted by Gasteiger charge is 2.18. The molecule has 1 amide bonds. The van der Waals surface area contributed by atoms with Crippen molar-refractivity contribution in [2.24, 2.45) is 13.0 Å². The Morgan fingerprint density at radius 2 is 2.12 bits per heavy atom. The van der Waals surface area contributed by atoms with Crippen LogP contribution in [0.5, 0.6) is 5.75 Å². The molecule has 0 bridgehead atoms. The molecule has 0 aliphatic carbocycles. The van der Waals surface area contributed by atoms with Gasteiger partial charge in [-0.25, -0.2) is 0 Å². The van der Waals surface area contributed by atoms with E-state index in [1.807, 2.05) is 32.3 Å². The number of fused-ring (bicyclic) bond motifs is 1. The van der Waals surface area contributed by atoms with Gasteiger partial charge in [0.05, 0.1) is 17.9 Å². The lowest BCUT2D eigenvalue weighted by molar-refractivity contribution is 0.102. The van der Waals surface area contributed by atoms with Gasteiger partial charge in [0, 0.05) is 25.7 Å². The minimum absolute atomic E-state index is 0.139. The van der Waals surface area contributed by atoms with Crippen molar-refractivity contribution in [2.75, 3.05) is 30.4 Å². The topological polar surface area (TPSA) is 59.4 Å². The molecule has 0 unspecified atom stereocenters. The molecule has 2 aromatic rings. The lowest BCUT2D eigenvalue weighted by atomic mass is 10.1. The quantitative estimate of drug-likeness (QED) is 0.907. The van der Waals surface area contributed by atoms with Crippen molar-refractivity contribution in [3.8, 4) is 5.75 Å². The van der Waals surface area contributed by atoms with Crippen LogP contribution in [0.4, 0.5) is 11.5 Å². The Bertz CT molecular complexity index is 767. The van der Waals surface area contributed by atoms with E-state index in [0.29, 0.717) is 23.9 Å². The fraction of sp³-hybridized carbons (Fsp3) is 0.474. The zero-order chi connectivity index (χ0) is 18.0. The third kappa shape index (κ3) is 3.95. The number of aromatic nitrogens is 2. The van der Waals surface area contributed by atoms with Gasteiger partial charge in [-0.1, -0.05) is 13.8 Å². The highest BCUT2D eigenvalue weighted by atomic mass is 16.5. The van der Waals surface area contributed by atoms with Gasteiger partial charge in [0.15, 0.2) is 0 Å². The average Bonchev–Trinajstić information content (AvgIpc) is 2.93. The first-order valence-electron chi connectivity index (χ1n) is 8.76. The number of hydrogen-bond donors (Lipinski definition) is 1. The number of ether oxygens (including phenoxy) is 1. The van der Waals surface area contributed by atoms with E-state index in [1.54, 1.807) is 10.7 Å². The number of nitrogens with zero attached hydrogens (tertiary/aromatic N) is 3. The van der Waals surface area contributed by atoms with Gasteiger partial charge in [-0.15, -0.1) is 0 Å². The van der Waals surface area contributed by atoms with E-state index < -0.39 is 0 Å². The first kappa shape index (κ1) is 17.3. The first-order chi connectivity index (χ1) is 11.9. The molecule has 0 saturated carbocycles. The molecule has 1 aliphatic rings. The second-order valence-electron chi connectivity index (χ2n) is 6.98. The van der Waals surface area contributed by atoms with Crippen molar-refractivity contribution in [1.29, 1.82) is 0 Å². The number of anilines is 2. The van der Waals surface area contributed by atoms with Gasteiger partial charge >= 0.3 is 0 Å². The molecule has 0 radical (unpaired) electrons. The number of carbonyl (C=O) groups excluding carboxylic acids is 1. The predicted molar refractivity (Wildman–Crippen MR) is 99.5 cm³/mol. The summed E-state index contributed by atoms with van der Waals surface area (Å²) < 4.78 is 7.35. The molecule has 0 atom stereocenters. The van der Waals surface area contributed by atoms with Gasteiger partial charge in [0.1, 0.15) is 18.2 Å². The maximum atomic E-state index is 12.6. The van der Waals surface area contributed by atoms with Gasteiger partial charge in [0.2, 0.25) is 0 Å². The highest BCUT2D eigenvalue weighted by molar-refractivity contribution is 6.04. The molecule has 6 heteroatoms. The predicted octanol–water partition coefficient (Wildman–Crippen LogP) is 3.09. The number of nitrogens with one attached hydrogen (secondary N) is 1. The summed E-state index contributed by atoms with van der Waals surface area (Å²) in [6.07, 6.45) is 2.00. The molecule has 0 spiro atoms. The standard InChI is InChI=1S/C19H26N4O2/c1-13(2)5-7-15-12-18(23(4)21-15)20-19(24)14-6-8-17-16(11-14)22(3)9-10-25-17/h6,8,11-13H,5,7,9-10H2,1-4H3,(H,20,24). The molecule has 134 valence electrons. The maximum Gasteiger partial charge on any atom is 0.256 e. The Morgan fingerprint density at radius 1 is 1.32 bits per heavy atom. The van der Waals surface area contributed by atoms with Crippen molar-refractivity contribution >= 4 is 17.4 Å². The highest BCUT2D eigenvalue weighted by Crippen LogP contribution is 2.31. The van der Waals surface area contributed by atoms with Gasteiger partial charge in [0.25, 0.3) is 5.91 Å². The van der Waals surface area contributed by atoms with Crippen LogP contribution in [-0.2, 0) is 13.5 Å². The molecular formula is C19H26N4O2. The number of hydrogen-bond acceptors (Lipinski definition) is 4. The molecule has 25 heavy (non-hydrogen) atoms. The number of benzene rings is 1. The van der Waals surface area contributed by atoms with Crippen LogP contribution in [0.2, 0.25) is 0 Å². The van der Waals surface area contributed by atoms with E-state index in [0.717, 1.165) is 36.5 Å². The third-order valence-electron chi connectivity index (χ3n) is 4.47. The molecule has 0 fully saturated rings. The third-order valence-corrected chi connectivity index (χ3v) is 4.47. The average molecular weight is 342 g/mol. The minimum atomic E-state index is -0.139. The first-order valence-corrected chi connectivity index (χ1v) is 8.76. The van der Waals surface area contributed by atoms with Crippen LogP contribution in [0.25, 0.3) is 0 Å². The van der Waals surface area contributed by atoms with E-state index in [-0.39, 0.29) is 5.91 Å². The Morgan fingerprint density at radius 3 is 2.88 bits per heavy atom. The number of likely N-dealkylation sites (N-methyl/N-ethyl adjacent to an activating group) is 1. The summed E-state index contributed by atoms with van der Waals surface area (Å²) in [6.45, 7) is 5.88. The Labute approximate surface area is 148 Å². The Balaban J connectivity index is 1.73. The van der Waals surface area contributed by atoms with Crippen molar-refractivity contribution in [1.82, 2.24) is 9.78 Å². The van der Waals surface area contributed by atoms with Crippen LogP contribution in [0.1, 0.15) is 36.3 Å². The van der Waals surface area contributed by atoms with Gasteiger partial charge in [-0.2, -0.15) is 5.10 Å². The van der Waals surface area contributed by atoms with Gasteiger partial charge < -0.3 is 15.0 Å². The summed E-state index contributed by atoms with van der Waals surface area (Å²) in [7, 11) is 3.86. The summed E-state index contributed by atoms with van der Waals surface area (Å²) >= 11 is 0. The molecule has 6 nitrogen and oxygen atoms in total. The molecule has 1 N–H and O–H groups in total. The van der Waals surface area contributed by atoms with Crippen LogP contribution in [0.3, 0.4) is 0 Å². The van der Waals surface area contributed by atoms with Crippen molar-refractivity contribution in [3.05, 3.63) is 35.5 Å². The number of amides is 1. The number of aryl methyl sites for hydroxylation is 2. The van der Waals surface area contributed by atoms with Crippen LogP contribution in [0, 0.1) is 5.92 Å². The maximum absolute atomic E-state index is 12.6. The van der Waals surface area contributed by atoms with E-state index >= 15 is 0 Å². The van der Waals surface area contributed by atoms with E-state index in [4.69, 9.17) is 4.74 Å². The van der Waals surface area contributed by atoms with E-state index in [9.17, 15) is 4.79 Å². The lowest BCUT2D eigenvalue weighted by Gasteiger charge is -2.27. The lowest BCUT2D eigenvalue weighted by Crippen LogP contribution is -2.29. The SMILES string of the molecule is CC(C)CCc1cc(NC(=O)c2ccc3c(c2)N(C)CCO3)n(C)n1. The summed E-state index contributed by atoms with van der Waals surface area (Å²) in [5.74, 6) is 2.03. The van der Waals surface area contributed by atoms with Crippen molar-refractivity contribution in [2.45, 2.75) is 26.7 Å². The van der Waals surface area contributed by atoms with E-state index in [1.165, 1.54) is 0 Å².